The molecule has 0 bridgehead atoms. The number of esters is 1. The number of nitrogens with zero attached hydrogens (tertiary/aromatic N) is 1. The summed E-state index contributed by atoms with van der Waals surface area (Å²) in [6.07, 6.45) is 0.875. The van der Waals surface area contributed by atoms with Crippen molar-refractivity contribution in [2.75, 3.05) is 6.61 Å². The second-order valence-electron chi connectivity index (χ2n) is 7.99. The van der Waals surface area contributed by atoms with Crippen molar-refractivity contribution in [3.63, 3.8) is 0 Å². The van der Waals surface area contributed by atoms with E-state index in [1.54, 1.807) is 12.1 Å². The van der Waals surface area contributed by atoms with Gasteiger partial charge in [-0.1, -0.05) is 30.3 Å². The van der Waals surface area contributed by atoms with Crippen LogP contribution >= 0.6 is 0 Å². The smallest absolute Gasteiger partial charge is 0.310 e. The second kappa shape index (κ2) is 9.73. The molecule has 5 heteroatoms. The van der Waals surface area contributed by atoms with Crippen molar-refractivity contribution in [3.8, 4) is 0 Å². The van der Waals surface area contributed by atoms with E-state index in [1.807, 2.05) is 52.0 Å². The van der Waals surface area contributed by atoms with Gasteiger partial charge in [0.15, 0.2) is 6.61 Å². The largest absolute Gasteiger partial charge is 0.457 e. The van der Waals surface area contributed by atoms with Gasteiger partial charge in [0.05, 0.1) is 6.42 Å². The summed E-state index contributed by atoms with van der Waals surface area (Å²) < 4.78 is 20.4. The topological polar surface area (TPSA) is 48.3 Å². The Bertz CT molecular complexity index is 1100. The molecule has 0 aliphatic rings. The van der Waals surface area contributed by atoms with Crippen molar-refractivity contribution in [3.05, 3.63) is 93.6 Å². The van der Waals surface area contributed by atoms with Crippen molar-refractivity contribution in [1.29, 1.82) is 0 Å². The quantitative estimate of drug-likeness (QED) is 0.377. The van der Waals surface area contributed by atoms with Crippen molar-refractivity contribution in [2.24, 2.45) is 0 Å². The molecule has 4 nitrogen and oxygen atoms in total. The molecule has 1 heterocycles. The van der Waals surface area contributed by atoms with Crippen LogP contribution in [0.4, 0.5) is 4.39 Å². The number of hydrogen-bond acceptors (Lipinski definition) is 3. The van der Waals surface area contributed by atoms with E-state index in [0.29, 0.717) is 12.1 Å². The van der Waals surface area contributed by atoms with Crippen LogP contribution in [0.3, 0.4) is 0 Å². The van der Waals surface area contributed by atoms with Gasteiger partial charge in [-0.15, -0.1) is 0 Å². The van der Waals surface area contributed by atoms with Crippen LogP contribution in [0.1, 0.15) is 44.0 Å². The zero-order chi connectivity index (χ0) is 22.5. The van der Waals surface area contributed by atoms with E-state index in [4.69, 9.17) is 4.74 Å². The number of hydrogen-bond donors (Lipinski definition) is 0. The Kier molecular flexibility index (Phi) is 7.06. The maximum absolute atomic E-state index is 13.1. The van der Waals surface area contributed by atoms with Gasteiger partial charge >= 0.3 is 5.97 Å². The first-order valence-corrected chi connectivity index (χ1v) is 10.4. The van der Waals surface area contributed by atoms with Gasteiger partial charge in [-0.2, -0.15) is 0 Å². The number of Topliss-reactive ketones (excluding diaryl/α,β-unsaturated/α-hetero) is 1. The number of carbonyl (C=O) groups is 2. The van der Waals surface area contributed by atoms with Gasteiger partial charge in [0.1, 0.15) is 5.82 Å². The van der Waals surface area contributed by atoms with Crippen LogP contribution in [-0.2, 0) is 28.9 Å². The second-order valence-corrected chi connectivity index (χ2v) is 7.99. The highest BCUT2D eigenvalue weighted by molar-refractivity contribution is 5.99. The van der Waals surface area contributed by atoms with Gasteiger partial charge in [-0.3, -0.25) is 9.59 Å². The number of aromatic nitrogens is 1. The summed E-state index contributed by atoms with van der Waals surface area (Å²) in [6, 6.07) is 14.1. The summed E-state index contributed by atoms with van der Waals surface area (Å²) in [5.41, 5.74) is 6.56. The molecule has 0 saturated carbocycles. The molecule has 0 atom stereocenters. The molecule has 0 aliphatic heterocycles. The number of carbonyl (C=O) groups excluding carboxylic acids is 2. The Morgan fingerprint density at radius 1 is 0.903 bits per heavy atom. The molecule has 2 aromatic carbocycles. The van der Waals surface area contributed by atoms with Crippen LogP contribution in [0.25, 0.3) is 0 Å². The zero-order valence-corrected chi connectivity index (χ0v) is 18.5. The fourth-order valence-corrected chi connectivity index (χ4v) is 3.67. The fourth-order valence-electron chi connectivity index (χ4n) is 3.67. The van der Waals surface area contributed by atoms with Crippen molar-refractivity contribution in [2.45, 2.75) is 47.1 Å². The summed E-state index contributed by atoms with van der Waals surface area (Å²) in [4.78, 5) is 24.8. The number of rotatable bonds is 8. The van der Waals surface area contributed by atoms with Gasteiger partial charge in [-0.25, -0.2) is 4.39 Å². The van der Waals surface area contributed by atoms with E-state index >= 15 is 0 Å². The molecule has 0 spiro atoms. The first-order chi connectivity index (χ1) is 14.7. The average molecular weight is 422 g/mol. The fraction of sp³-hybridized carbons (Fsp3) is 0.308. The summed E-state index contributed by atoms with van der Waals surface area (Å²) in [5.74, 6) is -0.881. The monoisotopic (exact) mass is 421 g/mol. The Balaban J connectivity index is 1.58. The van der Waals surface area contributed by atoms with Gasteiger partial charge in [0, 0.05) is 23.5 Å². The predicted molar refractivity (Wildman–Crippen MR) is 119 cm³/mol. The SMILES string of the molecule is Cc1ccc(CC(=O)OCC(=O)c2cc(C)n(CCc3ccc(F)cc3)c2C)cc1C. The molecule has 3 aromatic rings. The summed E-state index contributed by atoms with van der Waals surface area (Å²) in [6.45, 7) is 8.27. The van der Waals surface area contributed by atoms with Crippen molar-refractivity contribution in [1.82, 2.24) is 4.57 Å². The van der Waals surface area contributed by atoms with Crippen LogP contribution in [-0.4, -0.2) is 22.9 Å². The van der Waals surface area contributed by atoms with E-state index in [9.17, 15) is 14.0 Å². The van der Waals surface area contributed by atoms with Gasteiger partial charge < -0.3 is 9.30 Å². The Labute approximate surface area is 182 Å². The first kappa shape index (κ1) is 22.5. The Morgan fingerprint density at radius 2 is 1.58 bits per heavy atom. The summed E-state index contributed by atoms with van der Waals surface area (Å²) >= 11 is 0. The first-order valence-electron chi connectivity index (χ1n) is 10.4. The number of halogens is 1. The lowest BCUT2D eigenvalue weighted by Gasteiger charge is -2.10. The number of aryl methyl sites for hydroxylation is 4. The Hall–Kier alpha value is -3.21. The number of ether oxygens (including phenoxy) is 1. The number of ketones is 1. The molecule has 0 N–H and O–H groups in total. The van der Waals surface area contributed by atoms with E-state index in [-0.39, 0.29) is 24.6 Å². The van der Waals surface area contributed by atoms with Crippen LogP contribution in [0, 0.1) is 33.5 Å². The molecule has 0 amide bonds. The molecule has 162 valence electrons. The lowest BCUT2D eigenvalue weighted by atomic mass is 10.0. The highest BCUT2D eigenvalue weighted by Crippen LogP contribution is 2.18. The normalized spacial score (nSPS) is 10.9. The molecule has 1 aromatic heterocycles. The van der Waals surface area contributed by atoms with Crippen molar-refractivity contribution < 1.29 is 18.7 Å². The molecule has 0 aliphatic carbocycles. The minimum absolute atomic E-state index is 0.144. The van der Waals surface area contributed by atoms with Gasteiger partial charge in [0.25, 0.3) is 0 Å². The minimum Gasteiger partial charge on any atom is -0.457 e. The van der Waals surface area contributed by atoms with Crippen LogP contribution in [0.15, 0.2) is 48.5 Å². The molecular formula is C26H28FNO3. The molecule has 0 saturated heterocycles. The standard InChI is InChI=1S/C26H28FNO3/c1-17-5-6-22(13-18(17)2)15-26(30)31-16-25(29)24-14-19(3)28(20(24)4)12-11-21-7-9-23(27)10-8-21/h5-10,13-14H,11-12,15-16H2,1-4H3. The third-order valence-electron chi connectivity index (χ3n) is 5.70. The van der Waals surface area contributed by atoms with Crippen LogP contribution in [0.5, 0.6) is 0 Å². The third kappa shape index (κ3) is 5.69. The highest BCUT2D eigenvalue weighted by atomic mass is 19.1. The van der Waals surface area contributed by atoms with E-state index in [0.717, 1.165) is 34.5 Å². The van der Waals surface area contributed by atoms with E-state index in [1.165, 1.54) is 17.7 Å². The van der Waals surface area contributed by atoms with Crippen molar-refractivity contribution >= 4 is 11.8 Å². The average Bonchev–Trinajstić information content (AvgIpc) is 3.02. The van der Waals surface area contributed by atoms with E-state index < -0.39 is 5.97 Å². The third-order valence-corrected chi connectivity index (χ3v) is 5.70. The molecule has 31 heavy (non-hydrogen) atoms. The van der Waals surface area contributed by atoms with Gasteiger partial charge in [-0.05, 0) is 74.6 Å². The maximum atomic E-state index is 13.1. The molecule has 3 rings (SSSR count). The molecule has 0 fully saturated rings. The van der Waals surface area contributed by atoms with Crippen LogP contribution in [0.2, 0.25) is 0 Å². The maximum Gasteiger partial charge on any atom is 0.310 e. The summed E-state index contributed by atoms with van der Waals surface area (Å²) in [7, 11) is 0. The molecule has 0 radical (unpaired) electrons. The zero-order valence-electron chi connectivity index (χ0n) is 18.5. The summed E-state index contributed by atoms with van der Waals surface area (Å²) in [5, 5.41) is 0. The van der Waals surface area contributed by atoms with Crippen LogP contribution < -0.4 is 0 Å². The lowest BCUT2D eigenvalue weighted by molar-refractivity contribution is -0.141. The molecular weight excluding hydrogens is 393 g/mol. The minimum atomic E-state index is -0.415. The predicted octanol–water partition coefficient (Wildman–Crippen LogP) is 5.07. The number of benzene rings is 2. The van der Waals surface area contributed by atoms with E-state index in [2.05, 4.69) is 4.57 Å². The lowest BCUT2D eigenvalue weighted by Crippen LogP contribution is -2.16. The van der Waals surface area contributed by atoms with Gasteiger partial charge in [0.2, 0.25) is 5.78 Å². The highest BCUT2D eigenvalue weighted by Gasteiger charge is 2.17. The Morgan fingerprint density at radius 3 is 2.26 bits per heavy atom. The molecule has 0 unspecified atom stereocenters.